The van der Waals surface area contributed by atoms with Crippen LogP contribution in [-0.4, -0.2) is 35.4 Å². The molecule has 0 saturated heterocycles. The summed E-state index contributed by atoms with van der Waals surface area (Å²) in [5, 5.41) is 9.93. The molecule has 1 heterocycles. The second-order valence-electron chi connectivity index (χ2n) is 10.2. The molecule has 1 unspecified atom stereocenters. The number of carbonyl (C=O) groups is 1. The number of methoxy groups -OCH3 is 1. The van der Waals surface area contributed by atoms with Gasteiger partial charge in [0.15, 0.2) is 0 Å². The molecule has 0 aliphatic heterocycles. The Morgan fingerprint density at radius 3 is 2.26 bits per heavy atom. The molecular formula is C35H33NO6. The SMILES string of the molecule is COc1cccc(OC(C)(Cc2ccc(OCCc3nc(-c4cccc(-c5ccccc5)c4)oc3C)cc2)C(=O)O)c1. The topological polar surface area (TPSA) is 91.0 Å². The van der Waals surface area contributed by atoms with E-state index < -0.39 is 11.6 Å². The van der Waals surface area contributed by atoms with Crippen molar-refractivity contribution in [2.45, 2.75) is 32.3 Å². The lowest BCUT2D eigenvalue weighted by Crippen LogP contribution is -2.43. The number of hydrogen-bond donors (Lipinski definition) is 1. The number of nitrogens with zero attached hydrogens (tertiary/aromatic N) is 1. The molecule has 0 fully saturated rings. The molecule has 0 amide bonds. The number of aryl methyl sites for hydroxylation is 1. The Bertz CT molecular complexity index is 1640. The maximum Gasteiger partial charge on any atom is 0.348 e. The van der Waals surface area contributed by atoms with Gasteiger partial charge in [-0.15, -0.1) is 0 Å². The minimum atomic E-state index is -1.46. The standard InChI is InChI=1S/C35H33NO6/c1-24-32(36-33(41-24)28-12-7-11-27(21-28)26-9-5-4-6-10-26)19-20-40-29-17-15-25(16-18-29)23-35(2,34(37)38)42-31-14-8-13-30(22-31)39-3/h4-18,21-22H,19-20,23H2,1-3H3,(H,37,38). The van der Waals surface area contributed by atoms with Crippen molar-refractivity contribution in [2.75, 3.05) is 13.7 Å². The summed E-state index contributed by atoms with van der Waals surface area (Å²) in [5.41, 5.74) is 3.36. The van der Waals surface area contributed by atoms with E-state index in [1.165, 1.54) is 0 Å². The number of ether oxygens (including phenoxy) is 3. The Morgan fingerprint density at radius 2 is 1.52 bits per heavy atom. The maximum atomic E-state index is 12.1. The number of hydrogen-bond acceptors (Lipinski definition) is 6. The van der Waals surface area contributed by atoms with Crippen LogP contribution in [0.1, 0.15) is 23.9 Å². The van der Waals surface area contributed by atoms with E-state index in [2.05, 4.69) is 24.3 Å². The van der Waals surface area contributed by atoms with Gasteiger partial charge in [-0.05, 0) is 66.9 Å². The molecule has 214 valence electrons. The van der Waals surface area contributed by atoms with Crippen molar-refractivity contribution >= 4 is 5.97 Å². The van der Waals surface area contributed by atoms with Crippen molar-refractivity contribution in [2.24, 2.45) is 0 Å². The summed E-state index contributed by atoms with van der Waals surface area (Å²) in [6.07, 6.45) is 0.757. The highest BCUT2D eigenvalue weighted by molar-refractivity contribution is 5.78. The fraction of sp³-hybridized carbons (Fsp3) is 0.200. The van der Waals surface area contributed by atoms with E-state index in [1.54, 1.807) is 38.3 Å². The molecule has 0 radical (unpaired) electrons. The van der Waals surface area contributed by atoms with E-state index in [9.17, 15) is 9.90 Å². The molecule has 5 rings (SSSR count). The quantitative estimate of drug-likeness (QED) is 0.169. The van der Waals surface area contributed by atoms with Crippen LogP contribution in [0.3, 0.4) is 0 Å². The van der Waals surface area contributed by atoms with Gasteiger partial charge in [-0.3, -0.25) is 0 Å². The van der Waals surface area contributed by atoms with E-state index in [-0.39, 0.29) is 6.42 Å². The van der Waals surface area contributed by atoms with Crippen LogP contribution in [0.4, 0.5) is 0 Å². The molecule has 7 heteroatoms. The number of aromatic nitrogens is 1. The molecule has 0 bridgehead atoms. The molecule has 42 heavy (non-hydrogen) atoms. The van der Waals surface area contributed by atoms with Gasteiger partial charge in [-0.1, -0.05) is 60.7 Å². The van der Waals surface area contributed by atoms with E-state index >= 15 is 0 Å². The number of oxazole rings is 1. The Hall–Kier alpha value is -5.04. The number of carboxylic acids is 1. The summed E-state index contributed by atoms with van der Waals surface area (Å²) in [4.78, 5) is 16.9. The predicted octanol–water partition coefficient (Wildman–Crippen LogP) is 7.41. The zero-order valence-corrected chi connectivity index (χ0v) is 23.9. The molecule has 0 saturated carbocycles. The molecule has 1 atom stereocenters. The first-order valence-corrected chi connectivity index (χ1v) is 13.7. The zero-order chi connectivity index (χ0) is 29.5. The van der Waals surface area contributed by atoms with Crippen LogP contribution < -0.4 is 14.2 Å². The van der Waals surface area contributed by atoms with Gasteiger partial charge in [0, 0.05) is 24.5 Å². The average molecular weight is 564 g/mol. The van der Waals surface area contributed by atoms with E-state index in [0.29, 0.717) is 36.2 Å². The first-order valence-electron chi connectivity index (χ1n) is 13.7. The number of carboxylic acid groups (broad SMARTS) is 1. The van der Waals surface area contributed by atoms with Gasteiger partial charge >= 0.3 is 5.97 Å². The van der Waals surface area contributed by atoms with Crippen LogP contribution in [0.25, 0.3) is 22.6 Å². The van der Waals surface area contributed by atoms with E-state index in [4.69, 9.17) is 23.6 Å². The summed E-state index contributed by atoms with van der Waals surface area (Å²) in [7, 11) is 1.55. The third kappa shape index (κ3) is 6.81. The monoisotopic (exact) mass is 563 g/mol. The highest BCUT2D eigenvalue weighted by Crippen LogP contribution is 2.29. The lowest BCUT2D eigenvalue weighted by atomic mass is 9.96. The number of rotatable bonds is 12. The first-order chi connectivity index (χ1) is 20.3. The molecule has 5 aromatic rings. The minimum Gasteiger partial charge on any atom is -0.497 e. The summed E-state index contributed by atoms with van der Waals surface area (Å²) >= 11 is 0. The Kier molecular flexibility index (Phi) is 8.58. The maximum absolute atomic E-state index is 12.1. The first kappa shape index (κ1) is 28.5. The third-order valence-corrected chi connectivity index (χ3v) is 7.02. The van der Waals surface area contributed by atoms with Crippen molar-refractivity contribution in [1.29, 1.82) is 0 Å². The van der Waals surface area contributed by atoms with Gasteiger partial charge in [0.1, 0.15) is 23.0 Å². The lowest BCUT2D eigenvalue weighted by Gasteiger charge is -2.26. The van der Waals surface area contributed by atoms with Gasteiger partial charge in [0.05, 0.1) is 19.4 Å². The van der Waals surface area contributed by atoms with Crippen molar-refractivity contribution in [3.8, 4) is 39.8 Å². The smallest absolute Gasteiger partial charge is 0.348 e. The largest absolute Gasteiger partial charge is 0.497 e. The fourth-order valence-corrected chi connectivity index (χ4v) is 4.68. The molecule has 0 aliphatic carbocycles. The van der Waals surface area contributed by atoms with Gasteiger partial charge in [-0.2, -0.15) is 0 Å². The van der Waals surface area contributed by atoms with Crippen molar-refractivity contribution in [3.63, 3.8) is 0 Å². The molecule has 4 aromatic carbocycles. The van der Waals surface area contributed by atoms with Crippen LogP contribution in [0.2, 0.25) is 0 Å². The molecular weight excluding hydrogens is 530 g/mol. The van der Waals surface area contributed by atoms with Crippen molar-refractivity contribution in [1.82, 2.24) is 4.98 Å². The number of benzene rings is 4. The van der Waals surface area contributed by atoms with Gasteiger partial charge in [-0.25, -0.2) is 9.78 Å². The molecule has 0 aliphatic rings. The van der Waals surface area contributed by atoms with Crippen LogP contribution >= 0.6 is 0 Å². The summed E-state index contributed by atoms with van der Waals surface area (Å²) in [6, 6.07) is 32.6. The molecule has 0 spiro atoms. The Morgan fingerprint density at radius 1 is 0.833 bits per heavy atom. The van der Waals surface area contributed by atoms with Crippen LogP contribution in [0.15, 0.2) is 108 Å². The second-order valence-corrected chi connectivity index (χ2v) is 10.2. The average Bonchev–Trinajstić information content (AvgIpc) is 3.38. The third-order valence-electron chi connectivity index (χ3n) is 7.02. The minimum absolute atomic E-state index is 0.173. The second kappa shape index (κ2) is 12.6. The van der Waals surface area contributed by atoms with Gasteiger partial charge in [0.2, 0.25) is 11.5 Å². The Labute approximate surface area is 245 Å². The molecule has 1 N–H and O–H groups in total. The predicted molar refractivity (Wildman–Crippen MR) is 161 cm³/mol. The normalized spacial score (nSPS) is 12.4. The zero-order valence-electron chi connectivity index (χ0n) is 23.9. The van der Waals surface area contributed by atoms with Crippen LogP contribution in [-0.2, 0) is 17.6 Å². The summed E-state index contributed by atoms with van der Waals surface area (Å²) < 4.78 is 23.1. The van der Waals surface area contributed by atoms with E-state index in [0.717, 1.165) is 33.7 Å². The molecule has 7 nitrogen and oxygen atoms in total. The summed E-state index contributed by atoms with van der Waals surface area (Å²) in [6.45, 7) is 3.89. The van der Waals surface area contributed by atoms with Crippen molar-refractivity contribution in [3.05, 3.63) is 120 Å². The van der Waals surface area contributed by atoms with Crippen LogP contribution in [0, 0.1) is 6.92 Å². The Balaban J connectivity index is 1.19. The van der Waals surface area contributed by atoms with Crippen molar-refractivity contribution < 1.29 is 28.5 Å². The van der Waals surface area contributed by atoms with Gasteiger partial charge in [0.25, 0.3) is 0 Å². The van der Waals surface area contributed by atoms with Crippen LogP contribution in [0.5, 0.6) is 17.2 Å². The molecule has 1 aromatic heterocycles. The van der Waals surface area contributed by atoms with Gasteiger partial charge < -0.3 is 23.7 Å². The summed E-state index contributed by atoms with van der Waals surface area (Å²) in [5.74, 6) is 1.99. The highest BCUT2D eigenvalue weighted by Gasteiger charge is 2.36. The number of aliphatic carboxylic acids is 1. The fourth-order valence-electron chi connectivity index (χ4n) is 4.68. The van der Waals surface area contributed by atoms with E-state index in [1.807, 2.05) is 61.5 Å². The lowest BCUT2D eigenvalue weighted by molar-refractivity contribution is -0.153. The highest BCUT2D eigenvalue weighted by atomic mass is 16.5.